The molecule has 0 aliphatic heterocycles. The van der Waals surface area contributed by atoms with Gasteiger partial charge in [-0.2, -0.15) is 0 Å². The second-order valence-electron chi connectivity index (χ2n) is 3.26. The van der Waals surface area contributed by atoms with E-state index in [-0.39, 0.29) is 0 Å². The maximum Gasteiger partial charge on any atom is 0.0963 e. The van der Waals surface area contributed by atoms with Crippen LogP contribution in [0.3, 0.4) is 0 Å². The summed E-state index contributed by atoms with van der Waals surface area (Å²) in [6.07, 6.45) is 1.80. The molecule has 0 saturated carbocycles. The number of hydrogen-bond acceptors (Lipinski definition) is 3. The van der Waals surface area contributed by atoms with Gasteiger partial charge < -0.3 is 5.73 Å². The van der Waals surface area contributed by atoms with Crippen molar-refractivity contribution >= 4 is 33.4 Å². The van der Waals surface area contributed by atoms with Gasteiger partial charge in [0.1, 0.15) is 0 Å². The first-order valence-electron chi connectivity index (χ1n) is 4.84. The van der Waals surface area contributed by atoms with Crippen molar-refractivity contribution in [3.63, 3.8) is 0 Å². The lowest BCUT2D eigenvalue weighted by atomic mass is 10.2. The van der Waals surface area contributed by atoms with Gasteiger partial charge >= 0.3 is 0 Å². The summed E-state index contributed by atoms with van der Waals surface area (Å²) < 4.78 is 1.05. The van der Waals surface area contributed by atoms with E-state index in [0.29, 0.717) is 0 Å². The van der Waals surface area contributed by atoms with Crippen molar-refractivity contribution in [3.8, 4) is 0 Å². The minimum atomic E-state index is 0.817. The number of anilines is 1. The maximum absolute atomic E-state index is 5.92. The second-order valence-corrected chi connectivity index (χ2v) is 5.11. The summed E-state index contributed by atoms with van der Waals surface area (Å²) in [5.74, 6) is 0.824. The van der Waals surface area contributed by atoms with E-state index >= 15 is 0 Å². The minimum Gasteiger partial charge on any atom is -0.398 e. The van der Waals surface area contributed by atoms with E-state index < -0.39 is 0 Å². The Labute approximate surface area is 107 Å². The summed E-state index contributed by atoms with van der Waals surface area (Å²) >= 11 is 5.19. The molecule has 0 bridgehead atoms. The van der Waals surface area contributed by atoms with Crippen molar-refractivity contribution in [1.29, 1.82) is 0 Å². The maximum atomic E-state index is 5.92. The first-order valence-corrected chi connectivity index (χ1v) is 6.62. The number of thioether (sulfide) groups is 1. The van der Waals surface area contributed by atoms with Gasteiger partial charge in [0.05, 0.1) is 5.03 Å². The van der Waals surface area contributed by atoms with Crippen molar-refractivity contribution in [2.24, 2.45) is 0 Å². The molecule has 1 aromatic carbocycles. The largest absolute Gasteiger partial charge is 0.398 e. The summed E-state index contributed by atoms with van der Waals surface area (Å²) in [5.41, 5.74) is 7.86. The number of rotatable bonds is 3. The zero-order chi connectivity index (χ0) is 11.4. The van der Waals surface area contributed by atoms with Crippen LogP contribution in [-0.4, -0.2) is 4.98 Å². The molecule has 2 aromatic rings. The van der Waals surface area contributed by atoms with Crippen molar-refractivity contribution in [2.75, 3.05) is 5.73 Å². The van der Waals surface area contributed by atoms with Gasteiger partial charge in [0, 0.05) is 22.1 Å². The number of hydrogen-bond donors (Lipinski definition) is 1. The molecule has 0 amide bonds. The summed E-state index contributed by atoms with van der Waals surface area (Å²) in [4.78, 5) is 4.26. The number of nitrogens with zero attached hydrogens (tertiary/aromatic N) is 1. The number of aromatic nitrogens is 1. The first kappa shape index (κ1) is 11.5. The molecule has 2 nitrogen and oxygen atoms in total. The topological polar surface area (TPSA) is 38.9 Å². The van der Waals surface area contributed by atoms with E-state index in [1.165, 1.54) is 0 Å². The number of halogens is 1. The molecule has 0 radical (unpaired) electrons. The average Bonchev–Trinajstić information content (AvgIpc) is 2.30. The summed E-state index contributed by atoms with van der Waals surface area (Å²) in [6, 6.07) is 11.8. The van der Waals surface area contributed by atoms with Gasteiger partial charge in [-0.15, -0.1) is 11.8 Å². The third-order valence-corrected chi connectivity index (χ3v) is 3.87. The number of pyridine rings is 1. The summed E-state index contributed by atoms with van der Waals surface area (Å²) in [6.45, 7) is 0. The van der Waals surface area contributed by atoms with E-state index in [9.17, 15) is 0 Å². The van der Waals surface area contributed by atoms with Crippen LogP contribution >= 0.6 is 27.7 Å². The Morgan fingerprint density at radius 3 is 2.75 bits per heavy atom. The van der Waals surface area contributed by atoms with Gasteiger partial charge in [-0.05, 0) is 29.8 Å². The lowest BCUT2D eigenvalue weighted by Gasteiger charge is -2.07. The Morgan fingerprint density at radius 1 is 1.19 bits per heavy atom. The van der Waals surface area contributed by atoms with E-state index in [1.54, 1.807) is 18.0 Å². The Balaban J connectivity index is 2.11. The highest BCUT2D eigenvalue weighted by Gasteiger charge is 2.04. The van der Waals surface area contributed by atoms with E-state index in [0.717, 1.165) is 26.5 Å². The molecule has 0 aliphatic rings. The molecule has 4 heteroatoms. The predicted molar refractivity (Wildman–Crippen MR) is 72.4 cm³/mol. The molecule has 0 spiro atoms. The fourth-order valence-electron chi connectivity index (χ4n) is 1.31. The zero-order valence-electron chi connectivity index (χ0n) is 8.56. The van der Waals surface area contributed by atoms with Crippen molar-refractivity contribution in [1.82, 2.24) is 4.98 Å². The predicted octanol–water partition coefficient (Wildman–Crippen LogP) is 3.72. The summed E-state index contributed by atoms with van der Waals surface area (Å²) in [5, 5.41) is 1.01. The number of benzene rings is 1. The van der Waals surface area contributed by atoms with Crippen LogP contribution in [-0.2, 0) is 5.75 Å². The Hall–Kier alpha value is -1.00. The van der Waals surface area contributed by atoms with Gasteiger partial charge in [0.25, 0.3) is 0 Å². The molecule has 16 heavy (non-hydrogen) atoms. The lowest BCUT2D eigenvalue weighted by Crippen LogP contribution is -1.93. The Bertz CT molecular complexity index is 453. The van der Waals surface area contributed by atoms with E-state index in [2.05, 4.69) is 20.9 Å². The van der Waals surface area contributed by atoms with E-state index in [1.807, 2.05) is 36.4 Å². The molecular weight excluding hydrogens is 284 g/mol. The highest BCUT2D eigenvalue weighted by molar-refractivity contribution is 9.10. The van der Waals surface area contributed by atoms with Crippen LogP contribution in [0.2, 0.25) is 0 Å². The fourth-order valence-corrected chi connectivity index (χ4v) is 2.94. The van der Waals surface area contributed by atoms with Crippen molar-refractivity contribution in [2.45, 2.75) is 10.8 Å². The van der Waals surface area contributed by atoms with Crippen molar-refractivity contribution < 1.29 is 0 Å². The van der Waals surface area contributed by atoms with Crippen LogP contribution in [0.1, 0.15) is 5.56 Å². The molecule has 1 heterocycles. The SMILES string of the molecule is Nc1cccc(Br)c1CSc1ccccn1. The van der Waals surface area contributed by atoms with Crippen LogP contribution in [0.5, 0.6) is 0 Å². The van der Waals surface area contributed by atoms with E-state index in [4.69, 9.17) is 5.73 Å². The van der Waals surface area contributed by atoms with Gasteiger partial charge in [-0.1, -0.05) is 28.1 Å². The molecule has 2 rings (SSSR count). The highest BCUT2D eigenvalue weighted by atomic mass is 79.9. The van der Waals surface area contributed by atoms with Crippen LogP contribution < -0.4 is 5.73 Å². The fraction of sp³-hybridized carbons (Fsp3) is 0.0833. The summed E-state index contributed by atoms with van der Waals surface area (Å²) in [7, 11) is 0. The van der Waals surface area contributed by atoms with Gasteiger partial charge in [0.2, 0.25) is 0 Å². The average molecular weight is 295 g/mol. The molecule has 0 unspecified atom stereocenters. The third-order valence-electron chi connectivity index (χ3n) is 2.16. The van der Waals surface area contributed by atoms with Crippen LogP contribution in [0.15, 0.2) is 52.1 Å². The van der Waals surface area contributed by atoms with Crippen LogP contribution in [0, 0.1) is 0 Å². The van der Waals surface area contributed by atoms with Gasteiger partial charge in [-0.3, -0.25) is 0 Å². The smallest absolute Gasteiger partial charge is 0.0963 e. The van der Waals surface area contributed by atoms with Crippen LogP contribution in [0.4, 0.5) is 5.69 Å². The normalized spacial score (nSPS) is 10.3. The third kappa shape index (κ3) is 2.77. The van der Waals surface area contributed by atoms with Gasteiger partial charge in [0.15, 0.2) is 0 Å². The van der Waals surface area contributed by atoms with Crippen LogP contribution in [0.25, 0.3) is 0 Å². The number of nitrogen functional groups attached to an aromatic ring is 1. The molecule has 0 saturated heterocycles. The lowest BCUT2D eigenvalue weighted by molar-refractivity contribution is 1.13. The van der Waals surface area contributed by atoms with Gasteiger partial charge in [-0.25, -0.2) is 4.98 Å². The Kier molecular flexibility index (Phi) is 3.85. The molecule has 82 valence electrons. The molecule has 0 atom stereocenters. The second kappa shape index (κ2) is 5.37. The first-order chi connectivity index (χ1) is 7.77. The molecule has 0 fully saturated rings. The standard InChI is InChI=1S/C12H11BrN2S/c13-10-4-3-5-11(14)9(10)8-16-12-6-1-2-7-15-12/h1-7H,8,14H2. The highest BCUT2D eigenvalue weighted by Crippen LogP contribution is 2.29. The zero-order valence-corrected chi connectivity index (χ0v) is 11.0. The Morgan fingerprint density at radius 2 is 2.06 bits per heavy atom. The monoisotopic (exact) mass is 294 g/mol. The molecule has 2 N–H and O–H groups in total. The van der Waals surface area contributed by atoms with Crippen molar-refractivity contribution in [3.05, 3.63) is 52.6 Å². The quantitative estimate of drug-likeness (QED) is 0.693. The number of nitrogens with two attached hydrogens (primary N) is 1. The molecule has 1 aromatic heterocycles. The minimum absolute atomic E-state index is 0.817. The molecule has 0 aliphatic carbocycles. The molecular formula is C12H11BrN2S.